The molecule has 0 spiro atoms. The van der Waals surface area contributed by atoms with Gasteiger partial charge in [-0.05, 0) is 25.2 Å². The molecule has 2 aliphatic rings. The number of ether oxygens (including phenoxy) is 1. The molecule has 0 heterocycles. The minimum Gasteiger partial charge on any atom is -0.370 e. The third kappa shape index (κ3) is 0.553. The lowest BCUT2D eigenvalue weighted by atomic mass is 9.99. The van der Waals surface area contributed by atoms with Crippen molar-refractivity contribution in [2.24, 2.45) is 11.8 Å². The Morgan fingerprint density at radius 1 is 1.70 bits per heavy atom. The van der Waals surface area contributed by atoms with Gasteiger partial charge in [-0.2, -0.15) is 0 Å². The first-order valence-corrected chi connectivity index (χ1v) is 3.77. The van der Waals surface area contributed by atoms with Crippen molar-refractivity contribution < 1.29 is 9.53 Å². The van der Waals surface area contributed by atoms with Crippen LogP contribution >= 0.6 is 0 Å². The number of methoxy groups -OCH3 is 1. The first kappa shape index (κ1) is 6.35. The van der Waals surface area contributed by atoms with Crippen LogP contribution < -0.4 is 0 Å². The monoisotopic (exact) mass is 140 g/mol. The minimum atomic E-state index is -0.412. The van der Waals surface area contributed by atoms with Crippen LogP contribution in [0.1, 0.15) is 19.8 Å². The largest absolute Gasteiger partial charge is 0.370 e. The van der Waals surface area contributed by atoms with Crippen molar-refractivity contribution in [2.75, 3.05) is 7.11 Å². The Morgan fingerprint density at radius 3 is 2.70 bits per heavy atom. The number of ketones is 1. The highest BCUT2D eigenvalue weighted by Crippen LogP contribution is 2.56. The summed E-state index contributed by atoms with van der Waals surface area (Å²) in [4.78, 5) is 11.2. The third-order valence-electron chi connectivity index (χ3n) is 3.06. The van der Waals surface area contributed by atoms with E-state index >= 15 is 0 Å². The van der Waals surface area contributed by atoms with Crippen molar-refractivity contribution >= 4 is 5.78 Å². The molecule has 0 radical (unpaired) electrons. The van der Waals surface area contributed by atoms with E-state index < -0.39 is 5.60 Å². The molecule has 0 aromatic rings. The maximum atomic E-state index is 11.2. The number of hydrogen-bond donors (Lipinski definition) is 0. The van der Waals surface area contributed by atoms with E-state index in [4.69, 9.17) is 4.74 Å². The molecule has 2 fully saturated rings. The van der Waals surface area contributed by atoms with Crippen LogP contribution in [-0.4, -0.2) is 18.5 Å². The van der Waals surface area contributed by atoms with Crippen molar-refractivity contribution in [3.05, 3.63) is 0 Å². The van der Waals surface area contributed by atoms with Crippen LogP contribution in [0.3, 0.4) is 0 Å². The fourth-order valence-electron chi connectivity index (χ4n) is 2.06. The number of fused-ring (bicyclic) bond motifs is 1. The Bertz CT molecular complexity index is 188. The zero-order chi connectivity index (χ0) is 7.35. The van der Waals surface area contributed by atoms with Crippen LogP contribution in [-0.2, 0) is 9.53 Å². The number of Topliss-reactive ketones (excluding diaryl/α,β-unsaturated/α-hetero) is 1. The van der Waals surface area contributed by atoms with Crippen LogP contribution in [0.2, 0.25) is 0 Å². The molecule has 0 amide bonds. The molecule has 0 bridgehead atoms. The fraction of sp³-hybridized carbons (Fsp3) is 0.875. The standard InChI is InChI=1S/C8H12O2/c1-8(10-2)6-3-5(6)4-7(8)9/h5-6H,3-4H2,1-2H3/t5-,6-,8?/m1/s1. The van der Waals surface area contributed by atoms with E-state index in [0.717, 1.165) is 6.42 Å². The molecule has 56 valence electrons. The Morgan fingerprint density at radius 2 is 2.40 bits per heavy atom. The normalized spacial score (nSPS) is 51.2. The summed E-state index contributed by atoms with van der Waals surface area (Å²) in [5.74, 6) is 1.51. The first-order valence-electron chi connectivity index (χ1n) is 3.77. The highest BCUT2D eigenvalue weighted by atomic mass is 16.5. The number of carbonyl (C=O) groups excluding carboxylic acids is 1. The summed E-state index contributed by atoms with van der Waals surface area (Å²) in [6, 6.07) is 0. The molecule has 0 N–H and O–H groups in total. The second-order valence-corrected chi connectivity index (χ2v) is 3.54. The van der Waals surface area contributed by atoms with Crippen molar-refractivity contribution in [1.29, 1.82) is 0 Å². The van der Waals surface area contributed by atoms with Gasteiger partial charge in [0.1, 0.15) is 5.60 Å². The van der Waals surface area contributed by atoms with Gasteiger partial charge in [-0.15, -0.1) is 0 Å². The van der Waals surface area contributed by atoms with E-state index in [-0.39, 0.29) is 0 Å². The Hall–Kier alpha value is -0.370. The summed E-state index contributed by atoms with van der Waals surface area (Å²) >= 11 is 0. The highest BCUT2D eigenvalue weighted by Gasteiger charge is 2.61. The van der Waals surface area contributed by atoms with Gasteiger partial charge in [0, 0.05) is 13.5 Å². The van der Waals surface area contributed by atoms with Crippen LogP contribution in [0.25, 0.3) is 0 Å². The summed E-state index contributed by atoms with van der Waals surface area (Å²) in [6.45, 7) is 1.92. The molecule has 0 aliphatic heterocycles. The molecule has 0 aromatic carbocycles. The fourth-order valence-corrected chi connectivity index (χ4v) is 2.06. The SMILES string of the molecule is COC1(C)C(=O)C[C@H]2C[C@H]21. The lowest BCUT2D eigenvalue weighted by molar-refractivity contribution is -0.137. The number of rotatable bonds is 1. The quantitative estimate of drug-likeness (QED) is 0.543. The molecule has 0 aromatic heterocycles. The van der Waals surface area contributed by atoms with Crippen molar-refractivity contribution in [3.8, 4) is 0 Å². The zero-order valence-corrected chi connectivity index (χ0v) is 6.39. The Labute approximate surface area is 60.6 Å². The van der Waals surface area contributed by atoms with E-state index in [1.54, 1.807) is 7.11 Å². The van der Waals surface area contributed by atoms with E-state index in [1.807, 2.05) is 6.92 Å². The van der Waals surface area contributed by atoms with Gasteiger partial charge in [-0.3, -0.25) is 4.79 Å². The Balaban J connectivity index is 2.25. The average Bonchev–Trinajstić information content (AvgIpc) is 2.61. The van der Waals surface area contributed by atoms with Crippen molar-refractivity contribution in [3.63, 3.8) is 0 Å². The lowest BCUT2D eigenvalue weighted by Gasteiger charge is -2.21. The highest BCUT2D eigenvalue weighted by molar-refractivity contribution is 5.91. The molecule has 2 heteroatoms. The molecular weight excluding hydrogens is 128 g/mol. The van der Waals surface area contributed by atoms with E-state index in [0.29, 0.717) is 17.6 Å². The van der Waals surface area contributed by atoms with Gasteiger partial charge in [0.05, 0.1) is 0 Å². The van der Waals surface area contributed by atoms with Crippen molar-refractivity contribution in [1.82, 2.24) is 0 Å². The molecule has 2 aliphatic carbocycles. The molecule has 10 heavy (non-hydrogen) atoms. The minimum absolute atomic E-state index is 0.302. The summed E-state index contributed by atoms with van der Waals surface area (Å²) in [6.07, 6.45) is 1.96. The predicted molar refractivity (Wildman–Crippen MR) is 36.6 cm³/mol. The van der Waals surface area contributed by atoms with Crippen LogP contribution in [0, 0.1) is 11.8 Å². The molecule has 3 atom stereocenters. The van der Waals surface area contributed by atoms with Crippen LogP contribution in [0.15, 0.2) is 0 Å². The summed E-state index contributed by atoms with van der Waals surface area (Å²) in [7, 11) is 1.64. The maximum Gasteiger partial charge on any atom is 0.164 e. The zero-order valence-electron chi connectivity index (χ0n) is 6.39. The van der Waals surface area contributed by atoms with Crippen LogP contribution in [0.5, 0.6) is 0 Å². The lowest BCUT2D eigenvalue weighted by Crippen LogP contribution is -2.35. The molecule has 0 saturated heterocycles. The third-order valence-corrected chi connectivity index (χ3v) is 3.06. The summed E-state index contributed by atoms with van der Waals surface area (Å²) < 4.78 is 5.22. The smallest absolute Gasteiger partial charge is 0.164 e. The first-order chi connectivity index (χ1) is 4.68. The number of hydrogen-bond acceptors (Lipinski definition) is 2. The second kappa shape index (κ2) is 1.62. The maximum absolute atomic E-state index is 11.2. The molecule has 1 unspecified atom stereocenters. The molecule has 2 nitrogen and oxygen atoms in total. The van der Waals surface area contributed by atoms with E-state index in [1.165, 1.54) is 6.42 Å². The number of carbonyl (C=O) groups is 1. The van der Waals surface area contributed by atoms with Gasteiger partial charge in [0.15, 0.2) is 5.78 Å². The van der Waals surface area contributed by atoms with Gasteiger partial charge >= 0.3 is 0 Å². The van der Waals surface area contributed by atoms with E-state index in [9.17, 15) is 4.79 Å². The van der Waals surface area contributed by atoms with Gasteiger partial charge in [0.2, 0.25) is 0 Å². The van der Waals surface area contributed by atoms with Gasteiger partial charge in [-0.25, -0.2) is 0 Å². The van der Waals surface area contributed by atoms with E-state index in [2.05, 4.69) is 0 Å². The topological polar surface area (TPSA) is 26.3 Å². The second-order valence-electron chi connectivity index (χ2n) is 3.54. The predicted octanol–water partition coefficient (Wildman–Crippen LogP) is 1.00. The van der Waals surface area contributed by atoms with Gasteiger partial charge < -0.3 is 4.74 Å². The Kier molecular flexibility index (Phi) is 1.03. The molecule has 2 saturated carbocycles. The van der Waals surface area contributed by atoms with Crippen LogP contribution in [0.4, 0.5) is 0 Å². The summed E-state index contributed by atoms with van der Waals surface area (Å²) in [5, 5.41) is 0. The average molecular weight is 140 g/mol. The van der Waals surface area contributed by atoms with Gasteiger partial charge in [-0.1, -0.05) is 0 Å². The molecular formula is C8H12O2. The van der Waals surface area contributed by atoms with Gasteiger partial charge in [0.25, 0.3) is 0 Å². The summed E-state index contributed by atoms with van der Waals surface area (Å²) in [5.41, 5.74) is -0.412. The van der Waals surface area contributed by atoms with Crippen molar-refractivity contribution in [2.45, 2.75) is 25.4 Å². The molecule has 2 rings (SSSR count).